The van der Waals surface area contributed by atoms with Gasteiger partial charge in [0.25, 0.3) is 0 Å². The molecule has 2 aromatic rings. The lowest BCUT2D eigenvalue weighted by molar-refractivity contribution is 0.103. The van der Waals surface area contributed by atoms with Crippen LogP contribution in [0.5, 0.6) is 11.6 Å². The van der Waals surface area contributed by atoms with Gasteiger partial charge >= 0.3 is 6.16 Å². The summed E-state index contributed by atoms with van der Waals surface area (Å²) in [7, 11) is 0. The number of rotatable bonds is 6. The topological polar surface area (TPSA) is 104 Å². The summed E-state index contributed by atoms with van der Waals surface area (Å²) in [6, 6.07) is 5.24. The third-order valence-electron chi connectivity index (χ3n) is 4.80. The molecule has 0 saturated heterocycles. The molecule has 1 unspecified atom stereocenters. The van der Waals surface area contributed by atoms with Crippen LogP contribution in [0.2, 0.25) is 0 Å². The largest absolute Gasteiger partial charge is 0.515 e. The summed E-state index contributed by atoms with van der Waals surface area (Å²) in [6.07, 6.45) is 4.46. The molecule has 1 atom stereocenters. The smallest absolute Gasteiger partial charge is 0.506 e. The molecule has 0 amide bonds. The first kappa shape index (κ1) is 21.3. The lowest BCUT2D eigenvalue weighted by atomic mass is 9.95. The van der Waals surface area contributed by atoms with E-state index in [4.69, 9.17) is 9.47 Å². The molecule has 1 aromatic carbocycles. The highest BCUT2D eigenvalue weighted by Gasteiger charge is 2.19. The Balaban J connectivity index is 0.00000261. The molecule has 1 aliphatic rings. The van der Waals surface area contributed by atoms with Crippen molar-refractivity contribution >= 4 is 29.5 Å². The number of aromatic amines is 1. The van der Waals surface area contributed by atoms with Gasteiger partial charge in [0.15, 0.2) is 0 Å². The van der Waals surface area contributed by atoms with E-state index in [9.17, 15) is 15.0 Å². The number of halogens is 1. The highest BCUT2D eigenvalue weighted by atomic mass is 35.5. The number of phenols is 1. The Morgan fingerprint density at radius 3 is 2.78 bits per heavy atom. The number of aliphatic hydroxyl groups is 1. The van der Waals surface area contributed by atoms with E-state index in [0.29, 0.717) is 29.1 Å². The Morgan fingerprint density at radius 1 is 1.33 bits per heavy atom. The highest BCUT2D eigenvalue weighted by molar-refractivity contribution is 5.90. The molecular formula is C19H27ClN2O5. The van der Waals surface area contributed by atoms with Crippen molar-refractivity contribution in [3.8, 4) is 11.6 Å². The van der Waals surface area contributed by atoms with Crippen LogP contribution in [0.4, 0.5) is 4.79 Å². The molecule has 8 heteroatoms. The SMILES string of the molecule is CCOC(=O)Oc1cc2c(C(O)CNC3CCCCC3)ccc(O)c2[nH]1.Cl. The molecule has 0 aliphatic heterocycles. The Morgan fingerprint density at radius 2 is 2.07 bits per heavy atom. The van der Waals surface area contributed by atoms with E-state index >= 15 is 0 Å². The van der Waals surface area contributed by atoms with Gasteiger partial charge in [0.05, 0.1) is 18.2 Å². The van der Waals surface area contributed by atoms with Gasteiger partial charge in [-0.05, 0) is 31.4 Å². The van der Waals surface area contributed by atoms with E-state index in [1.807, 2.05) is 0 Å². The van der Waals surface area contributed by atoms with Crippen molar-refractivity contribution in [3.05, 3.63) is 23.8 Å². The van der Waals surface area contributed by atoms with Gasteiger partial charge in [-0.15, -0.1) is 12.4 Å². The van der Waals surface area contributed by atoms with Gasteiger partial charge in [0.1, 0.15) is 5.75 Å². The van der Waals surface area contributed by atoms with E-state index in [2.05, 4.69) is 10.3 Å². The van der Waals surface area contributed by atoms with Crippen molar-refractivity contribution in [2.45, 2.75) is 51.2 Å². The molecule has 3 rings (SSSR count). The fourth-order valence-corrected chi connectivity index (χ4v) is 3.48. The molecule has 4 N–H and O–H groups in total. The standard InChI is InChI=1S/C19H26N2O5.ClH/c1-2-25-19(24)26-17-10-14-13(8-9-15(22)18(14)21-17)16(23)11-20-12-6-4-3-5-7-12;/h8-10,12,16,20-23H,2-7,11H2,1H3;1H. The van der Waals surface area contributed by atoms with Gasteiger partial charge in [0, 0.05) is 24.0 Å². The van der Waals surface area contributed by atoms with Gasteiger partial charge < -0.3 is 30.0 Å². The van der Waals surface area contributed by atoms with Crippen LogP contribution in [0.1, 0.15) is 50.7 Å². The predicted octanol–water partition coefficient (Wildman–Crippen LogP) is 3.79. The summed E-state index contributed by atoms with van der Waals surface area (Å²) in [5.74, 6) is 0.184. The first-order chi connectivity index (χ1) is 12.6. The van der Waals surface area contributed by atoms with Crippen LogP contribution in [0.25, 0.3) is 10.9 Å². The van der Waals surface area contributed by atoms with Crippen LogP contribution in [0.15, 0.2) is 18.2 Å². The zero-order valence-corrected chi connectivity index (χ0v) is 16.2. The van der Waals surface area contributed by atoms with E-state index in [1.165, 1.54) is 25.3 Å². The molecule has 1 aromatic heterocycles. The maximum Gasteiger partial charge on any atom is 0.515 e. The van der Waals surface area contributed by atoms with Gasteiger partial charge in [0.2, 0.25) is 5.88 Å². The predicted molar refractivity (Wildman–Crippen MR) is 105 cm³/mol. The summed E-state index contributed by atoms with van der Waals surface area (Å²) in [4.78, 5) is 14.3. The third-order valence-corrected chi connectivity index (χ3v) is 4.80. The van der Waals surface area contributed by atoms with Crippen molar-refractivity contribution in [3.63, 3.8) is 0 Å². The number of aromatic nitrogens is 1. The molecule has 150 valence electrons. The first-order valence-corrected chi connectivity index (χ1v) is 9.19. The molecule has 1 heterocycles. The van der Waals surface area contributed by atoms with Gasteiger partial charge in [-0.25, -0.2) is 4.79 Å². The second-order valence-corrected chi connectivity index (χ2v) is 6.64. The number of nitrogens with one attached hydrogen (secondary N) is 2. The molecule has 0 spiro atoms. The molecule has 27 heavy (non-hydrogen) atoms. The van der Waals surface area contributed by atoms with Gasteiger partial charge in [-0.3, -0.25) is 0 Å². The average molecular weight is 399 g/mol. The maximum absolute atomic E-state index is 11.5. The van der Waals surface area contributed by atoms with E-state index < -0.39 is 12.3 Å². The maximum atomic E-state index is 11.5. The number of aromatic hydroxyl groups is 1. The summed E-state index contributed by atoms with van der Waals surface area (Å²) >= 11 is 0. The Kier molecular flexibility index (Phi) is 7.77. The number of H-pyrrole nitrogens is 1. The number of fused-ring (bicyclic) bond motifs is 1. The Bertz CT molecular complexity index is 758. The van der Waals surface area contributed by atoms with E-state index in [0.717, 1.165) is 12.8 Å². The lowest BCUT2D eigenvalue weighted by Crippen LogP contribution is -2.34. The average Bonchev–Trinajstić information content (AvgIpc) is 3.05. The first-order valence-electron chi connectivity index (χ1n) is 9.19. The number of benzene rings is 1. The molecule has 0 radical (unpaired) electrons. The van der Waals surface area contributed by atoms with Crippen molar-refractivity contribution in [2.24, 2.45) is 0 Å². The molecule has 1 fully saturated rings. The summed E-state index contributed by atoms with van der Waals surface area (Å²) in [6.45, 7) is 2.33. The fourth-order valence-electron chi connectivity index (χ4n) is 3.48. The minimum Gasteiger partial charge on any atom is -0.506 e. The fraction of sp³-hybridized carbons (Fsp3) is 0.526. The normalized spacial score (nSPS) is 15.9. The van der Waals surface area contributed by atoms with Crippen LogP contribution in [-0.2, 0) is 4.74 Å². The molecule has 1 aliphatic carbocycles. The van der Waals surface area contributed by atoms with Crippen molar-refractivity contribution in [2.75, 3.05) is 13.2 Å². The number of carbonyl (C=O) groups is 1. The molecule has 0 bridgehead atoms. The van der Waals surface area contributed by atoms with Crippen molar-refractivity contribution < 1.29 is 24.5 Å². The van der Waals surface area contributed by atoms with Crippen LogP contribution >= 0.6 is 12.4 Å². The molecule has 1 saturated carbocycles. The second kappa shape index (κ2) is 9.82. The van der Waals surface area contributed by atoms with Crippen molar-refractivity contribution in [1.82, 2.24) is 10.3 Å². The minimum atomic E-state index is -0.820. The Labute approximate surface area is 164 Å². The number of hydrogen-bond acceptors (Lipinski definition) is 6. The quantitative estimate of drug-likeness (QED) is 0.552. The highest BCUT2D eigenvalue weighted by Crippen LogP contribution is 2.33. The number of aliphatic hydroxyl groups excluding tert-OH is 1. The van der Waals surface area contributed by atoms with Crippen LogP contribution in [0, 0.1) is 0 Å². The summed E-state index contributed by atoms with van der Waals surface area (Å²) in [5.41, 5.74) is 1.08. The summed E-state index contributed by atoms with van der Waals surface area (Å²) < 4.78 is 9.81. The number of hydrogen-bond donors (Lipinski definition) is 4. The number of phenolic OH excluding ortho intramolecular Hbond substituents is 1. The van der Waals surface area contributed by atoms with Gasteiger partial charge in [-0.2, -0.15) is 0 Å². The van der Waals surface area contributed by atoms with Crippen molar-refractivity contribution in [1.29, 1.82) is 0 Å². The monoisotopic (exact) mass is 398 g/mol. The molecule has 7 nitrogen and oxygen atoms in total. The number of carbonyl (C=O) groups excluding carboxylic acids is 1. The van der Waals surface area contributed by atoms with Crippen LogP contribution < -0.4 is 10.1 Å². The number of ether oxygens (including phenoxy) is 2. The van der Waals surface area contributed by atoms with E-state index in [-0.39, 0.29) is 30.6 Å². The van der Waals surface area contributed by atoms with Crippen LogP contribution in [-0.4, -0.2) is 40.5 Å². The Hall–Kier alpha value is -1.96. The zero-order chi connectivity index (χ0) is 18.5. The zero-order valence-electron chi connectivity index (χ0n) is 15.4. The lowest BCUT2D eigenvalue weighted by Gasteiger charge is -2.24. The summed E-state index contributed by atoms with van der Waals surface area (Å²) in [5, 5.41) is 24.7. The third kappa shape index (κ3) is 5.28. The minimum absolute atomic E-state index is 0. The van der Waals surface area contributed by atoms with E-state index in [1.54, 1.807) is 19.1 Å². The second-order valence-electron chi connectivity index (χ2n) is 6.64. The van der Waals surface area contributed by atoms with Crippen LogP contribution in [0.3, 0.4) is 0 Å². The molecular weight excluding hydrogens is 372 g/mol. The van der Waals surface area contributed by atoms with Gasteiger partial charge in [-0.1, -0.05) is 25.3 Å².